The van der Waals surface area contributed by atoms with Crippen molar-refractivity contribution in [2.75, 3.05) is 5.75 Å². The first kappa shape index (κ1) is 12.7. The highest BCUT2D eigenvalue weighted by Gasteiger charge is 1.99. The van der Waals surface area contributed by atoms with E-state index in [4.69, 9.17) is 5.11 Å². The third kappa shape index (κ3) is 3.63. The molecule has 0 aliphatic carbocycles. The van der Waals surface area contributed by atoms with Crippen LogP contribution in [0.1, 0.15) is 12.0 Å². The lowest BCUT2D eigenvalue weighted by Crippen LogP contribution is -1.96. The van der Waals surface area contributed by atoms with Gasteiger partial charge in [0.15, 0.2) is 0 Å². The Bertz CT molecular complexity index is 494. The van der Waals surface area contributed by atoms with Crippen LogP contribution in [-0.2, 0) is 10.5 Å². The third-order valence-corrected chi connectivity index (χ3v) is 3.46. The van der Waals surface area contributed by atoms with Crippen LogP contribution in [0, 0.1) is 0 Å². The van der Waals surface area contributed by atoms with Crippen molar-refractivity contribution >= 4 is 17.7 Å². The number of carboxylic acid groups (broad SMARTS) is 1. The molecule has 0 radical (unpaired) electrons. The van der Waals surface area contributed by atoms with Crippen molar-refractivity contribution < 1.29 is 9.90 Å². The van der Waals surface area contributed by atoms with Crippen molar-refractivity contribution in [3.05, 3.63) is 48.3 Å². The van der Waals surface area contributed by atoms with Gasteiger partial charge in [-0.2, -0.15) is 16.9 Å². The van der Waals surface area contributed by atoms with Crippen molar-refractivity contribution in [1.29, 1.82) is 0 Å². The van der Waals surface area contributed by atoms with Crippen LogP contribution in [0.25, 0.3) is 5.69 Å². The lowest BCUT2D eigenvalue weighted by atomic mass is 10.2. The molecule has 4 nitrogen and oxygen atoms in total. The second-order valence-corrected chi connectivity index (χ2v) is 4.92. The van der Waals surface area contributed by atoms with E-state index >= 15 is 0 Å². The predicted octanol–water partition coefficient (Wildman–Crippen LogP) is 2.58. The summed E-state index contributed by atoms with van der Waals surface area (Å²) in [7, 11) is 0. The second kappa shape index (κ2) is 6.26. The maximum absolute atomic E-state index is 10.4. The largest absolute Gasteiger partial charge is 0.481 e. The Morgan fingerprint density at radius 2 is 2.11 bits per heavy atom. The van der Waals surface area contributed by atoms with Crippen LogP contribution in [0.15, 0.2) is 42.7 Å². The fourth-order valence-corrected chi connectivity index (χ4v) is 2.41. The highest BCUT2D eigenvalue weighted by atomic mass is 32.2. The van der Waals surface area contributed by atoms with Crippen molar-refractivity contribution in [3.8, 4) is 5.69 Å². The molecule has 1 aromatic carbocycles. The second-order valence-electron chi connectivity index (χ2n) is 3.81. The van der Waals surface area contributed by atoms with Gasteiger partial charge >= 0.3 is 5.97 Å². The minimum absolute atomic E-state index is 0.218. The Hall–Kier alpha value is -1.75. The van der Waals surface area contributed by atoms with Gasteiger partial charge in [-0.1, -0.05) is 12.1 Å². The zero-order chi connectivity index (χ0) is 12.8. The first-order valence-corrected chi connectivity index (χ1v) is 6.79. The Labute approximate surface area is 110 Å². The van der Waals surface area contributed by atoms with E-state index in [0.29, 0.717) is 5.75 Å². The van der Waals surface area contributed by atoms with Gasteiger partial charge in [0.2, 0.25) is 0 Å². The van der Waals surface area contributed by atoms with E-state index in [1.165, 1.54) is 5.56 Å². The molecule has 1 N–H and O–H groups in total. The van der Waals surface area contributed by atoms with Crippen molar-refractivity contribution in [3.63, 3.8) is 0 Å². The van der Waals surface area contributed by atoms with Gasteiger partial charge in [0.25, 0.3) is 0 Å². The summed E-state index contributed by atoms with van der Waals surface area (Å²) in [6.45, 7) is 0. The Morgan fingerprint density at radius 3 is 2.72 bits per heavy atom. The quantitative estimate of drug-likeness (QED) is 0.813. The average Bonchev–Trinajstić information content (AvgIpc) is 2.89. The van der Waals surface area contributed by atoms with Gasteiger partial charge in [-0.05, 0) is 23.8 Å². The summed E-state index contributed by atoms with van der Waals surface area (Å²) in [5, 5.41) is 12.7. The first-order chi connectivity index (χ1) is 8.75. The molecular formula is C13H14N2O2S. The highest BCUT2D eigenvalue weighted by Crippen LogP contribution is 2.15. The van der Waals surface area contributed by atoms with Crippen LogP contribution in [0.4, 0.5) is 0 Å². The maximum atomic E-state index is 10.4. The zero-order valence-corrected chi connectivity index (χ0v) is 10.6. The molecular weight excluding hydrogens is 248 g/mol. The molecule has 0 atom stereocenters. The number of aromatic nitrogens is 2. The number of benzene rings is 1. The fourth-order valence-electron chi connectivity index (χ4n) is 1.52. The predicted molar refractivity (Wildman–Crippen MR) is 72.0 cm³/mol. The number of hydrogen-bond acceptors (Lipinski definition) is 3. The summed E-state index contributed by atoms with van der Waals surface area (Å²) in [5.41, 5.74) is 2.22. The molecule has 0 saturated heterocycles. The average molecular weight is 262 g/mol. The highest BCUT2D eigenvalue weighted by molar-refractivity contribution is 7.98. The standard InChI is InChI=1S/C13H14N2O2S/c16-13(17)6-9-18-10-11-2-4-12(5-3-11)15-8-1-7-14-15/h1-5,7-8H,6,9-10H2,(H,16,17). The number of rotatable bonds is 6. The number of aliphatic carboxylic acids is 1. The van der Waals surface area contributed by atoms with Gasteiger partial charge in [-0.25, -0.2) is 4.68 Å². The minimum atomic E-state index is -0.739. The van der Waals surface area contributed by atoms with Gasteiger partial charge in [0, 0.05) is 23.9 Å². The van der Waals surface area contributed by atoms with Crippen molar-refractivity contribution in [2.45, 2.75) is 12.2 Å². The Kier molecular flexibility index (Phi) is 4.41. The van der Waals surface area contributed by atoms with Crippen LogP contribution in [0.5, 0.6) is 0 Å². The molecule has 2 rings (SSSR count). The van der Waals surface area contributed by atoms with Crippen LogP contribution in [0.2, 0.25) is 0 Å². The molecule has 2 aromatic rings. The Balaban J connectivity index is 1.86. The van der Waals surface area contributed by atoms with E-state index in [2.05, 4.69) is 5.10 Å². The SMILES string of the molecule is O=C(O)CCSCc1ccc(-n2cccn2)cc1. The van der Waals surface area contributed by atoms with Crippen molar-refractivity contribution in [1.82, 2.24) is 9.78 Å². The molecule has 0 bridgehead atoms. The molecule has 0 saturated carbocycles. The monoisotopic (exact) mass is 262 g/mol. The molecule has 0 unspecified atom stereocenters. The number of nitrogens with zero attached hydrogens (tertiary/aromatic N) is 2. The van der Waals surface area contributed by atoms with Gasteiger partial charge in [-0.15, -0.1) is 0 Å². The lowest BCUT2D eigenvalue weighted by molar-refractivity contribution is -0.136. The van der Waals surface area contributed by atoms with Crippen LogP contribution >= 0.6 is 11.8 Å². The zero-order valence-electron chi connectivity index (χ0n) is 9.82. The van der Waals surface area contributed by atoms with Gasteiger partial charge in [0.05, 0.1) is 12.1 Å². The molecule has 1 heterocycles. The summed E-state index contributed by atoms with van der Waals surface area (Å²) in [6.07, 6.45) is 3.86. The van der Waals surface area contributed by atoms with E-state index in [1.807, 2.05) is 36.5 Å². The van der Waals surface area contributed by atoms with E-state index < -0.39 is 5.97 Å². The maximum Gasteiger partial charge on any atom is 0.304 e. The number of carbonyl (C=O) groups is 1. The molecule has 94 valence electrons. The summed E-state index contributed by atoms with van der Waals surface area (Å²) >= 11 is 1.63. The van der Waals surface area contributed by atoms with Crippen molar-refractivity contribution in [2.24, 2.45) is 0 Å². The molecule has 0 spiro atoms. The van der Waals surface area contributed by atoms with Crippen LogP contribution in [-0.4, -0.2) is 26.6 Å². The number of carboxylic acids is 1. The van der Waals surface area contributed by atoms with E-state index in [9.17, 15) is 4.79 Å². The first-order valence-electron chi connectivity index (χ1n) is 5.64. The normalized spacial score (nSPS) is 10.4. The minimum Gasteiger partial charge on any atom is -0.481 e. The number of thioether (sulfide) groups is 1. The summed E-state index contributed by atoms with van der Waals surface area (Å²) < 4.78 is 1.81. The Morgan fingerprint density at radius 1 is 1.33 bits per heavy atom. The van der Waals surface area contributed by atoms with E-state index in [-0.39, 0.29) is 6.42 Å². The van der Waals surface area contributed by atoms with Gasteiger partial charge in [0.1, 0.15) is 0 Å². The molecule has 0 amide bonds. The van der Waals surface area contributed by atoms with Gasteiger partial charge in [-0.3, -0.25) is 4.79 Å². The van der Waals surface area contributed by atoms with Crippen LogP contribution < -0.4 is 0 Å². The van der Waals surface area contributed by atoms with E-state index in [0.717, 1.165) is 11.4 Å². The molecule has 0 aliphatic rings. The molecule has 18 heavy (non-hydrogen) atoms. The summed E-state index contributed by atoms with van der Waals surface area (Å²) in [5.74, 6) is 0.750. The third-order valence-electron chi connectivity index (χ3n) is 2.43. The van der Waals surface area contributed by atoms with Gasteiger partial charge < -0.3 is 5.11 Å². The molecule has 1 aromatic heterocycles. The number of hydrogen-bond donors (Lipinski definition) is 1. The fraction of sp³-hybridized carbons (Fsp3) is 0.231. The molecule has 5 heteroatoms. The topological polar surface area (TPSA) is 55.1 Å². The summed E-state index contributed by atoms with van der Waals surface area (Å²) in [4.78, 5) is 10.4. The lowest BCUT2D eigenvalue weighted by Gasteiger charge is -2.04. The smallest absolute Gasteiger partial charge is 0.304 e. The van der Waals surface area contributed by atoms with Crippen LogP contribution in [0.3, 0.4) is 0 Å². The summed E-state index contributed by atoms with van der Waals surface area (Å²) in [6, 6.07) is 10.0. The van der Waals surface area contributed by atoms with E-state index in [1.54, 1.807) is 22.6 Å². The molecule has 0 aliphatic heterocycles. The molecule has 0 fully saturated rings.